The van der Waals surface area contributed by atoms with Gasteiger partial charge < -0.3 is 14.6 Å². The first-order valence-electron chi connectivity index (χ1n) is 7.08. The van der Waals surface area contributed by atoms with Crippen molar-refractivity contribution >= 4 is 21.9 Å². The monoisotopic (exact) mass is 336 g/mol. The minimum atomic E-state index is -0.598. The Bertz CT molecular complexity index is 285. The van der Waals surface area contributed by atoms with Gasteiger partial charge in [0.2, 0.25) is 0 Å². The van der Waals surface area contributed by atoms with E-state index < -0.39 is 12.2 Å². The van der Waals surface area contributed by atoms with Gasteiger partial charge in [-0.15, -0.1) is 0 Å². The molecule has 1 aliphatic heterocycles. The number of rotatable bonds is 4. The van der Waals surface area contributed by atoms with E-state index in [0.29, 0.717) is 17.7 Å². The Balaban J connectivity index is 2.60. The Morgan fingerprint density at radius 1 is 1.53 bits per heavy atom. The van der Waals surface area contributed by atoms with Crippen LogP contribution in [0.25, 0.3) is 0 Å². The molecule has 5 atom stereocenters. The number of halogens is 1. The van der Waals surface area contributed by atoms with E-state index in [0.717, 1.165) is 19.3 Å². The SMILES string of the molecule is CCCC(Br)C1CCC(O)C(OC(C)=O)CC(C)O1. The van der Waals surface area contributed by atoms with Gasteiger partial charge in [-0.2, -0.15) is 0 Å². The summed E-state index contributed by atoms with van der Waals surface area (Å²) in [6.07, 6.45) is 3.11. The molecule has 0 aromatic heterocycles. The normalized spacial score (nSPS) is 34.2. The third-order valence-electron chi connectivity index (χ3n) is 3.43. The van der Waals surface area contributed by atoms with Gasteiger partial charge >= 0.3 is 5.97 Å². The molecule has 1 fully saturated rings. The number of hydrogen-bond donors (Lipinski definition) is 1. The summed E-state index contributed by atoms with van der Waals surface area (Å²) in [4.78, 5) is 11.4. The summed E-state index contributed by atoms with van der Waals surface area (Å²) in [6, 6.07) is 0. The van der Waals surface area contributed by atoms with E-state index in [1.165, 1.54) is 6.92 Å². The summed E-state index contributed by atoms with van der Waals surface area (Å²) in [7, 11) is 0. The summed E-state index contributed by atoms with van der Waals surface area (Å²) in [6.45, 7) is 5.48. The van der Waals surface area contributed by atoms with Crippen molar-refractivity contribution in [1.82, 2.24) is 0 Å². The maximum absolute atomic E-state index is 11.0. The first-order valence-corrected chi connectivity index (χ1v) is 8.00. The van der Waals surface area contributed by atoms with Crippen molar-refractivity contribution in [2.75, 3.05) is 0 Å². The molecule has 112 valence electrons. The van der Waals surface area contributed by atoms with E-state index >= 15 is 0 Å². The van der Waals surface area contributed by atoms with Crippen LogP contribution < -0.4 is 0 Å². The zero-order valence-electron chi connectivity index (χ0n) is 12.0. The predicted molar refractivity (Wildman–Crippen MR) is 77.4 cm³/mol. The largest absolute Gasteiger partial charge is 0.460 e. The highest BCUT2D eigenvalue weighted by Crippen LogP contribution is 2.27. The number of hydrogen-bond acceptors (Lipinski definition) is 4. The number of ether oxygens (including phenoxy) is 2. The van der Waals surface area contributed by atoms with Crippen LogP contribution in [-0.4, -0.2) is 40.3 Å². The molecule has 19 heavy (non-hydrogen) atoms. The van der Waals surface area contributed by atoms with Crippen molar-refractivity contribution in [3.8, 4) is 0 Å². The molecule has 4 nitrogen and oxygen atoms in total. The molecule has 0 aliphatic carbocycles. The van der Waals surface area contributed by atoms with E-state index in [9.17, 15) is 9.90 Å². The molecule has 0 aromatic carbocycles. The molecule has 5 unspecified atom stereocenters. The van der Waals surface area contributed by atoms with Gasteiger partial charge in [0.15, 0.2) is 0 Å². The fraction of sp³-hybridized carbons (Fsp3) is 0.929. The maximum Gasteiger partial charge on any atom is 0.302 e. The molecule has 1 saturated heterocycles. The highest BCUT2D eigenvalue weighted by molar-refractivity contribution is 9.09. The lowest BCUT2D eigenvalue weighted by Crippen LogP contribution is -2.40. The number of alkyl halides is 1. The van der Waals surface area contributed by atoms with Gasteiger partial charge in [0, 0.05) is 18.2 Å². The van der Waals surface area contributed by atoms with Gasteiger partial charge in [0.25, 0.3) is 0 Å². The highest BCUT2D eigenvalue weighted by atomic mass is 79.9. The molecule has 0 saturated carbocycles. The van der Waals surface area contributed by atoms with Crippen molar-refractivity contribution in [3.05, 3.63) is 0 Å². The van der Waals surface area contributed by atoms with E-state index in [-0.39, 0.29) is 18.2 Å². The molecule has 0 aromatic rings. The number of aliphatic hydroxyl groups excluding tert-OH is 1. The molecular weight excluding hydrogens is 312 g/mol. The summed E-state index contributed by atoms with van der Waals surface area (Å²) in [5.74, 6) is -0.349. The van der Waals surface area contributed by atoms with Crippen LogP contribution in [0.4, 0.5) is 0 Å². The molecule has 0 amide bonds. The minimum Gasteiger partial charge on any atom is -0.460 e. The molecule has 1 heterocycles. The molecule has 0 spiro atoms. The van der Waals surface area contributed by atoms with E-state index in [1.54, 1.807) is 0 Å². The fourth-order valence-corrected chi connectivity index (χ4v) is 3.34. The second-order valence-electron chi connectivity index (χ2n) is 5.32. The molecule has 0 radical (unpaired) electrons. The standard InChI is InChI=1S/C14H25BrO4/c1-4-5-11(15)13-7-6-12(17)14(19-10(3)16)8-9(2)18-13/h9,11-14,17H,4-8H2,1-3H3. The van der Waals surface area contributed by atoms with Crippen molar-refractivity contribution in [3.63, 3.8) is 0 Å². The van der Waals surface area contributed by atoms with Crippen LogP contribution >= 0.6 is 15.9 Å². The molecule has 1 aliphatic rings. The zero-order valence-corrected chi connectivity index (χ0v) is 13.6. The van der Waals surface area contributed by atoms with Crippen LogP contribution in [0.1, 0.15) is 52.9 Å². The van der Waals surface area contributed by atoms with Gasteiger partial charge in [-0.1, -0.05) is 29.3 Å². The van der Waals surface area contributed by atoms with Gasteiger partial charge in [0.05, 0.1) is 18.3 Å². The lowest BCUT2D eigenvalue weighted by Gasteiger charge is -2.34. The zero-order chi connectivity index (χ0) is 14.4. The van der Waals surface area contributed by atoms with Crippen LogP contribution in [-0.2, 0) is 14.3 Å². The smallest absolute Gasteiger partial charge is 0.302 e. The van der Waals surface area contributed by atoms with E-state index in [2.05, 4.69) is 22.9 Å². The van der Waals surface area contributed by atoms with Crippen LogP contribution in [0.3, 0.4) is 0 Å². The van der Waals surface area contributed by atoms with Gasteiger partial charge in [0.1, 0.15) is 6.10 Å². The number of esters is 1. The van der Waals surface area contributed by atoms with Crippen molar-refractivity contribution in [2.24, 2.45) is 0 Å². The van der Waals surface area contributed by atoms with Gasteiger partial charge in [-0.25, -0.2) is 0 Å². The molecule has 1 rings (SSSR count). The summed E-state index contributed by atoms with van der Waals surface area (Å²) >= 11 is 3.67. The Morgan fingerprint density at radius 2 is 2.21 bits per heavy atom. The summed E-state index contributed by atoms with van der Waals surface area (Å²) < 4.78 is 11.2. The lowest BCUT2D eigenvalue weighted by atomic mass is 9.96. The first-order chi connectivity index (χ1) is 8.93. The van der Waals surface area contributed by atoms with Crippen molar-refractivity contribution < 1.29 is 19.4 Å². The van der Waals surface area contributed by atoms with E-state index in [1.807, 2.05) is 6.92 Å². The molecule has 0 bridgehead atoms. The lowest BCUT2D eigenvalue weighted by molar-refractivity contribution is -0.159. The van der Waals surface area contributed by atoms with Crippen LogP contribution in [0, 0.1) is 0 Å². The molecular formula is C14H25BrO4. The quantitative estimate of drug-likeness (QED) is 0.633. The topological polar surface area (TPSA) is 55.8 Å². The fourth-order valence-electron chi connectivity index (χ4n) is 2.49. The predicted octanol–water partition coefficient (Wildman–Crippen LogP) is 2.80. The average Bonchev–Trinajstić information content (AvgIpc) is 2.31. The molecule has 5 heteroatoms. The maximum atomic E-state index is 11.0. The Hall–Kier alpha value is -0.130. The number of aliphatic hydroxyl groups is 1. The Labute approximate surface area is 124 Å². The number of carbonyl (C=O) groups is 1. The highest BCUT2D eigenvalue weighted by Gasteiger charge is 2.31. The average molecular weight is 337 g/mol. The third-order valence-corrected chi connectivity index (χ3v) is 4.48. The first kappa shape index (κ1) is 16.9. The van der Waals surface area contributed by atoms with Crippen molar-refractivity contribution in [1.29, 1.82) is 0 Å². The molecule has 1 N–H and O–H groups in total. The summed E-state index contributed by atoms with van der Waals surface area (Å²) in [5.41, 5.74) is 0. The Kier molecular flexibility index (Phi) is 7.32. The van der Waals surface area contributed by atoms with Gasteiger partial charge in [-0.05, 0) is 26.2 Å². The number of carbonyl (C=O) groups excluding carboxylic acids is 1. The van der Waals surface area contributed by atoms with E-state index in [4.69, 9.17) is 9.47 Å². The van der Waals surface area contributed by atoms with Crippen LogP contribution in [0.5, 0.6) is 0 Å². The summed E-state index contributed by atoms with van der Waals surface area (Å²) in [5, 5.41) is 10.1. The third kappa shape index (κ3) is 5.79. The van der Waals surface area contributed by atoms with Crippen LogP contribution in [0.2, 0.25) is 0 Å². The van der Waals surface area contributed by atoms with Crippen molar-refractivity contribution in [2.45, 2.75) is 82.1 Å². The second-order valence-corrected chi connectivity index (χ2v) is 6.49. The Morgan fingerprint density at radius 3 is 2.79 bits per heavy atom. The van der Waals surface area contributed by atoms with Crippen LogP contribution in [0.15, 0.2) is 0 Å². The second kappa shape index (κ2) is 8.22. The minimum absolute atomic E-state index is 0.0267. The van der Waals surface area contributed by atoms with Gasteiger partial charge in [-0.3, -0.25) is 4.79 Å².